The van der Waals surface area contributed by atoms with Crippen LogP contribution in [-0.2, 0) is 9.53 Å². The van der Waals surface area contributed by atoms with Gasteiger partial charge in [-0.25, -0.2) is 4.79 Å². The highest BCUT2D eigenvalue weighted by Gasteiger charge is 2.19. The molecule has 0 amide bonds. The molecule has 5 nitrogen and oxygen atoms in total. The molecule has 0 aliphatic carbocycles. The van der Waals surface area contributed by atoms with Gasteiger partial charge in [-0.3, -0.25) is 4.79 Å². The molecule has 0 aromatic heterocycles. The Morgan fingerprint density at radius 1 is 1.00 bits per heavy atom. The quantitative estimate of drug-likeness (QED) is 0.531. The van der Waals surface area contributed by atoms with Gasteiger partial charge in [0.25, 0.3) is 0 Å². The fourth-order valence-electron chi connectivity index (χ4n) is 1.95. The van der Waals surface area contributed by atoms with Crippen molar-refractivity contribution in [3.8, 4) is 11.5 Å². The van der Waals surface area contributed by atoms with Crippen LogP contribution in [0.3, 0.4) is 0 Å². The number of carbonyl (C=O) groups excluding carboxylic acids is 2. The zero-order valence-electron chi connectivity index (χ0n) is 13.3. The van der Waals surface area contributed by atoms with Crippen molar-refractivity contribution in [3.63, 3.8) is 0 Å². The van der Waals surface area contributed by atoms with Crippen molar-refractivity contribution in [3.05, 3.63) is 58.6 Å². The Hall–Kier alpha value is -2.34. The van der Waals surface area contributed by atoms with E-state index in [0.717, 1.165) is 4.47 Å². The molecular formula is C18H17BrO5. The first-order valence-corrected chi connectivity index (χ1v) is 8.05. The van der Waals surface area contributed by atoms with E-state index in [0.29, 0.717) is 17.1 Å². The Kier molecular flexibility index (Phi) is 6.37. The second-order valence-electron chi connectivity index (χ2n) is 4.97. The van der Waals surface area contributed by atoms with E-state index in [1.807, 2.05) is 0 Å². The monoisotopic (exact) mass is 392 g/mol. The van der Waals surface area contributed by atoms with Crippen LogP contribution in [-0.4, -0.2) is 31.6 Å². The largest absolute Gasteiger partial charge is 0.497 e. The summed E-state index contributed by atoms with van der Waals surface area (Å²) in [7, 11) is 1.57. The van der Waals surface area contributed by atoms with Crippen LogP contribution in [0.25, 0.3) is 0 Å². The molecule has 2 aromatic rings. The molecule has 0 N–H and O–H groups in total. The second-order valence-corrected chi connectivity index (χ2v) is 5.88. The second kappa shape index (κ2) is 8.49. The van der Waals surface area contributed by atoms with Gasteiger partial charge in [-0.05, 0) is 43.3 Å². The Morgan fingerprint density at radius 2 is 1.58 bits per heavy atom. The van der Waals surface area contributed by atoms with E-state index in [4.69, 9.17) is 14.2 Å². The van der Waals surface area contributed by atoms with Crippen molar-refractivity contribution in [2.45, 2.75) is 13.0 Å². The first kappa shape index (κ1) is 18.0. The maximum Gasteiger partial charge on any atom is 0.344 e. The number of esters is 1. The first-order valence-electron chi connectivity index (χ1n) is 7.25. The highest BCUT2D eigenvalue weighted by Crippen LogP contribution is 2.17. The summed E-state index contributed by atoms with van der Waals surface area (Å²) in [5.74, 6) is 0.336. The molecule has 24 heavy (non-hydrogen) atoms. The lowest BCUT2D eigenvalue weighted by atomic mass is 10.1. The maximum atomic E-state index is 12.2. The average molecular weight is 393 g/mol. The molecule has 0 spiro atoms. The van der Waals surface area contributed by atoms with Crippen molar-refractivity contribution < 1.29 is 23.8 Å². The minimum absolute atomic E-state index is 0.264. The Balaban J connectivity index is 1.84. The fourth-order valence-corrected chi connectivity index (χ4v) is 2.21. The van der Waals surface area contributed by atoms with Crippen LogP contribution in [0, 0.1) is 0 Å². The van der Waals surface area contributed by atoms with Crippen LogP contribution in [0.1, 0.15) is 17.3 Å². The van der Waals surface area contributed by atoms with Gasteiger partial charge in [0.15, 0.2) is 12.7 Å². The highest BCUT2D eigenvalue weighted by molar-refractivity contribution is 9.10. The van der Waals surface area contributed by atoms with Gasteiger partial charge in [-0.1, -0.05) is 28.1 Å². The molecule has 2 rings (SSSR count). The molecule has 0 saturated carbocycles. The summed E-state index contributed by atoms with van der Waals surface area (Å²) in [5.41, 5.74) is 0.481. The van der Waals surface area contributed by atoms with E-state index in [1.54, 1.807) is 55.6 Å². The molecule has 0 bridgehead atoms. The van der Waals surface area contributed by atoms with Crippen molar-refractivity contribution in [1.82, 2.24) is 0 Å². The summed E-state index contributed by atoms with van der Waals surface area (Å²) in [6.07, 6.45) is -0.877. The lowest BCUT2D eigenvalue weighted by molar-refractivity contribution is -0.148. The van der Waals surface area contributed by atoms with Gasteiger partial charge in [0, 0.05) is 10.0 Å². The third-order valence-corrected chi connectivity index (χ3v) is 3.75. The minimum atomic E-state index is -0.877. The molecule has 2 aromatic carbocycles. The van der Waals surface area contributed by atoms with Crippen molar-refractivity contribution in [1.29, 1.82) is 0 Å². The molecule has 0 unspecified atom stereocenters. The highest BCUT2D eigenvalue weighted by atomic mass is 79.9. The Bertz CT molecular complexity index is 694. The van der Waals surface area contributed by atoms with Gasteiger partial charge in [-0.15, -0.1) is 0 Å². The van der Waals surface area contributed by atoms with E-state index in [9.17, 15) is 9.59 Å². The molecular weight excluding hydrogens is 376 g/mol. The molecule has 1 atom stereocenters. The summed E-state index contributed by atoms with van der Waals surface area (Å²) >= 11 is 3.30. The van der Waals surface area contributed by atoms with Gasteiger partial charge in [0.05, 0.1) is 7.11 Å². The topological polar surface area (TPSA) is 61.8 Å². The number of carbonyl (C=O) groups is 2. The third-order valence-electron chi connectivity index (χ3n) is 3.22. The molecule has 0 heterocycles. The smallest absolute Gasteiger partial charge is 0.344 e. The van der Waals surface area contributed by atoms with Crippen LogP contribution in [0.5, 0.6) is 11.5 Å². The van der Waals surface area contributed by atoms with Crippen LogP contribution in [0.15, 0.2) is 53.0 Å². The molecule has 0 aliphatic rings. The Morgan fingerprint density at radius 3 is 2.17 bits per heavy atom. The standard InChI is InChI=1S/C18H17BrO5/c1-12(18(21)13-3-5-14(19)6-4-13)24-17(20)11-23-16-9-7-15(22-2)8-10-16/h3-10,12H,11H2,1-2H3/t12-/m0/s1. The van der Waals surface area contributed by atoms with Crippen LogP contribution >= 0.6 is 15.9 Å². The molecule has 0 radical (unpaired) electrons. The first-order chi connectivity index (χ1) is 11.5. The molecule has 6 heteroatoms. The summed E-state index contributed by atoms with van der Waals surface area (Å²) in [5, 5.41) is 0. The van der Waals surface area contributed by atoms with E-state index in [1.165, 1.54) is 6.92 Å². The van der Waals surface area contributed by atoms with Gasteiger partial charge in [0.2, 0.25) is 5.78 Å². The van der Waals surface area contributed by atoms with E-state index < -0.39 is 12.1 Å². The number of benzene rings is 2. The molecule has 0 aliphatic heterocycles. The fraction of sp³-hybridized carbons (Fsp3) is 0.222. The number of methoxy groups -OCH3 is 1. The van der Waals surface area contributed by atoms with E-state index in [-0.39, 0.29) is 12.4 Å². The summed E-state index contributed by atoms with van der Waals surface area (Å²) in [4.78, 5) is 24.0. The van der Waals surface area contributed by atoms with Gasteiger partial charge in [-0.2, -0.15) is 0 Å². The van der Waals surface area contributed by atoms with Crippen LogP contribution in [0.4, 0.5) is 0 Å². The maximum absolute atomic E-state index is 12.2. The summed E-state index contributed by atoms with van der Waals surface area (Å²) in [6, 6.07) is 13.7. The number of rotatable bonds is 7. The van der Waals surface area contributed by atoms with Crippen molar-refractivity contribution in [2.24, 2.45) is 0 Å². The average Bonchev–Trinajstić information content (AvgIpc) is 2.60. The Labute approximate surface area is 148 Å². The van der Waals surface area contributed by atoms with Crippen molar-refractivity contribution in [2.75, 3.05) is 13.7 Å². The predicted molar refractivity (Wildman–Crippen MR) is 92.5 cm³/mol. The van der Waals surface area contributed by atoms with Crippen molar-refractivity contribution >= 4 is 27.7 Å². The lowest BCUT2D eigenvalue weighted by Crippen LogP contribution is -2.27. The number of hydrogen-bond acceptors (Lipinski definition) is 5. The van der Waals surface area contributed by atoms with Crippen LogP contribution < -0.4 is 9.47 Å². The number of hydrogen-bond donors (Lipinski definition) is 0. The number of halogens is 1. The summed E-state index contributed by atoms with van der Waals surface area (Å²) in [6.45, 7) is 1.26. The third kappa shape index (κ3) is 5.09. The molecule has 126 valence electrons. The van der Waals surface area contributed by atoms with E-state index in [2.05, 4.69) is 15.9 Å². The minimum Gasteiger partial charge on any atom is -0.497 e. The normalized spacial score (nSPS) is 11.5. The lowest BCUT2D eigenvalue weighted by Gasteiger charge is -2.13. The predicted octanol–water partition coefficient (Wildman–Crippen LogP) is 3.65. The van der Waals surface area contributed by atoms with Gasteiger partial charge < -0.3 is 14.2 Å². The number of ether oxygens (including phenoxy) is 3. The van der Waals surface area contributed by atoms with Crippen LogP contribution in [0.2, 0.25) is 0 Å². The molecule has 0 fully saturated rings. The van der Waals surface area contributed by atoms with Gasteiger partial charge in [0.1, 0.15) is 11.5 Å². The number of ketones is 1. The van der Waals surface area contributed by atoms with Gasteiger partial charge >= 0.3 is 5.97 Å². The summed E-state index contributed by atoms with van der Waals surface area (Å²) < 4.78 is 16.3. The zero-order valence-corrected chi connectivity index (χ0v) is 14.9. The molecule has 0 saturated heterocycles. The van der Waals surface area contributed by atoms with E-state index >= 15 is 0 Å². The SMILES string of the molecule is COc1ccc(OCC(=O)O[C@@H](C)C(=O)c2ccc(Br)cc2)cc1. The zero-order chi connectivity index (χ0) is 17.5. The number of Topliss-reactive ketones (excluding diaryl/α,β-unsaturated/α-hetero) is 1.